The fourth-order valence-corrected chi connectivity index (χ4v) is 4.32. The van der Waals surface area contributed by atoms with Crippen molar-refractivity contribution in [1.29, 1.82) is 0 Å². The van der Waals surface area contributed by atoms with E-state index >= 15 is 0 Å². The van der Waals surface area contributed by atoms with Gasteiger partial charge in [-0.3, -0.25) is 9.69 Å². The molecule has 1 fully saturated rings. The third-order valence-electron chi connectivity index (χ3n) is 4.83. The molecule has 1 unspecified atom stereocenters. The SMILES string of the molecule is CCOc1cc(/C=C/C(=O)NCC(c2cccs2)N2CCCC2)ccc1OC(F)F. The smallest absolute Gasteiger partial charge is 0.387 e. The first-order valence-electron chi connectivity index (χ1n) is 10.0. The van der Waals surface area contributed by atoms with Crippen LogP contribution in [-0.2, 0) is 4.79 Å². The van der Waals surface area contributed by atoms with Crippen molar-refractivity contribution in [2.75, 3.05) is 26.2 Å². The minimum absolute atomic E-state index is 0.0298. The van der Waals surface area contributed by atoms with Crippen molar-refractivity contribution < 1.29 is 23.0 Å². The maximum absolute atomic E-state index is 12.5. The number of ether oxygens (including phenoxy) is 2. The number of amides is 1. The minimum Gasteiger partial charge on any atom is -0.490 e. The van der Waals surface area contributed by atoms with Gasteiger partial charge in [-0.15, -0.1) is 11.3 Å². The first kappa shape index (κ1) is 22.2. The maximum atomic E-state index is 12.5. The summed E-state index contributed by atoms with van der Waals surface area (Å²) in [5.74, 6) is -0.0216. The van der Waals surface area contributed by atoms with Crippen LogP contribution in [0.15, 0.2) is 41.8 Å². The Morgan fingerprint density at radius 1 is 1.27 bits per heavy atom. The van der Waals surface area contributed by atoms with E-state index in [0.717, 1.165) is 13.1 Å². The second-order valence-electron chi connectivity index (χ2n) is 6.87. The highest BCUT2D eigenvalue weighted by Crippen LogP contribution is 2.30. The molecule has 2 heterocycles. The number of hydrogen-bond acceptors (Lipinski definition) is 5. The molecule has 3 rings (SSSR count). The summed E-state index contributed by atoms with van der Waals surface area (Å²) in [4.78, 5) is 16.0. The average Bonchev–Trinajstić information content (AvgIpc) is 3.43. The lowest BCUT2D eigenvalue weighted by Gasteiger charge is -2.26. The fraction of sp³-hybridized carbons (Fsp3) is 0.409. The van der Waals surface area contributed by atoms with Crippen LogP contribution in [0, 0.1) is 0 Å². The highest BCUT2D eigenvalue weighted by molar-refractivity contribution is 7.10. The molecule has 0 bridgehead atoms. The molecule has 1 atom stereocenters. The van der Waals surface area contributed by atoms with Gasteiger partial charge in [0.15, 0.2) is 11.5 Å². The summed E-state index contributed by atoms with van der Waals surface area (Å²) in [6.07, 6.45) is 5.43. The summed E-state index contributed by atoms with van der Waals surface area (Å²) in [7, 11) is 0. The molecule has 30 heavy (non-hydrogen) atoms. The molecule has 0 aliphatic carbocycles. The molecule has 162 valence electrons. The normalized spacial score (nSPS) is 15.6. The zero-order chi connectivity index (χ0) is 21.3. The number of hydrogen-bond donors (Lipinski definition) is 1. The number of nitrogens with zero attached hydrogens (tertiary/aromatic N) is 1. The average molecular weight is 437 g/mol. The third kappa shape index (κ3) is 6.27. The Hall–Kier alpha value is -2.45. The number of nitrogens with one attached hydrogen (secondary N) is 1. The molecule has 1 amide bonds. The standard InChI is InChI=1S/C22H26F2N2O3S/c1-2-28-19-14-16(7-9-18(19)29-22(23)24)8-10-21(27)25-15-17(20-6-5-13-30-20)26-11-3-4-12-26/h5-10,13-14,17,22H,2-4,11-12,15H2,1H3,(H,25,27)/b10-8+. The van der Waals surface area contributed by atoms with E-state index in [-0.39, 0.29) is 23.4 Å². The van der Waals surface area contributed by atoms with Gasteiger partial charge in [-0.2, -0.15) is 8.78 Å². The van der Waals surface area contributed by atoms with Crippen LogP contribution in [0.25, 0.3) is 6.08 Å². The molecule has 0 radical (unpaired) electrons. The summed E-state index contributed by atoms with van der Waals surface area (Å²) in [6, 6.07) is 8.90. The van der Waals surface area contributed by atoms with Gasteiger partial charge in [0.25, 0.3) is 0 Å². The topological polar surface area (TPSA) is 50.8 Å². The molecular weight excluding hydrogens is 410 g/mol. The van der Waals surface area contributed by atoms with Crippen molar-refractivity contribution >= 4 is 23.3 Å². The molecule has 1 aliphatic rings. The number of alkyl halides is 2. The summed E-state index contributed by atoms with van der Waals surface area (Å²) >= 11 is 1.70. The fourth-order valence-electron chi connectivity index (χ4n) is 3.46. The molecule has 1 saturated heterocycles. The number of likely N-dealkylation sites (tertiary alicyclic amines) is 1. The van der Waals surface area contributed by atoms with Crippen molar-refractivity contribution in [2.45, 2.75) is 32.4 Å². The van der Waals surface area contributed by atoms with Crippen molar-refractivity contribution in [2.24, 2.45) is 0 Å². The van der Waals surface area contributed by atoms with E-state index in [1.54, 1.807) is 36.5 Å². The Morgan fingerprint density at radius 2 is 2.07 bits per heavy atom. The van der Waals surface area contributed by atoms with Gasteiger partial charge < -0.3 is 14.8 Å². The van der Waals surface area contributed by atoms with Gasteiger partial charge in [0, 0.05) is 17.5 Å². The lowest BCUT2D eigenvalue weighted by molar-refractivity contribution is -0.116. The molecule has 5 nitrogen and oxygen atoms in total. The third-order valence-corrected chi connectivity index (χ3v) is 5.81. The van der Waals surface area contributed by atoms with Gasteiger partial charge >= 0.3 is 6.61 Å². The predicted molar refractivity (Wildman–Crippen MR) is 114 cm³/mol. The monoisotopic (exact) mass is 436 g/mol. The minimum atomic E-state index is -2.93. The molecule has 8 heteroatoms. The van der Waals surface area contributed by atoms with Crippen molar-refractivity contribution in [3.63, 3.8) is 0 Å². The molecule has 0 saturated carbocycles. The molecular formula is C22H26F2N2O3S. The second kappa shape index (κ2) is 11.1. The van der Waals surface area contributed by atoms with E-state index in [4.69, 9.17) is 4.74 Å². The van der Waals surface area contributed by atoms with Crippen LogP contribution in [0.4, 0.5) is 8.78 Å². The number of rotatable bonds is 10. The van der Waals surface area contributed by atoms with Gasteiger partial charge in [-0.25, -0.2) is 0 Å². The number of carbonyl (C=O) groups excluding carboxylic acids is 1. The lowest BCUT2D eigenvalue weighted by Crippen LogP contribution is -2.35. The Balaban J connectivity index is 1.61. The van der Waals surface area contributed by atoms with E-state index in [9.17, 15) is 13.6 Å². The van der Waals surface area contributed by atoms with Crippen LogP contribution >= 0.6 is 11.3 Å². The van der Waals surface area contributed by atoms with Crippen molar-refractivity contribution in [3.05, 3.63) is 52.2 Å². The summed E-state index contributed by atoms with van der Waals surface area (Å²) in [5.41, 5.74) is 0.657. The van der Waals surface area contributed by atoms with Crippen molar-refractivity contribution in [3.8, 4) is 11.5 Å². The highest BCUT2D eigenvalue weighted by Gasteiger charge is 2.24. The first-order valence-corrected chi connectivity index (χ1v) is 10.9. The van der Waals surface area contributed by atoms with E-state index in [2.05, 4.69) is 26.4 Å². The van der Waals surface area contributed by atoms with Crippen LogP contribution < -0.4 is 14.8 Å². The van der Waals surface area contributed by atoms with E-state index in [1.807, 2.05) is 6.07 Å². The predicted octanol–water partition coefficient (Wildman–Crippen LogP) is 4.71. The zero-order valence-electron chi connectivity index (χ0n) is 16.9. The van der Waals surface area contributed by atoms with Crippen molar-refractivity contribution in [1.82, 2.24) is 10.2 Å². The largest absolute Gasteiger partial charge is 0.490 e. The van der Waals surface area contributed by atoms with Crippen LogP contribution in [-0.4, -0.2) is 43.7 Å². The lowest BCUT2D eigenvalue weighted by atomic mass is 10.2. The Bertz CT molecular complexity index is 837. The molecule has 1 aromatic heterocycles. The second-order valence-corrected chi connectivity index (χ2v) is 7.85. The van der Waals surface area contributed by atoms with E-state index in [1.165, 1.54) is 29.9 Å². The van der Waals surface area contributed by atoms with E-state index in [0.29, 0.717) is 18.7 Å². The Morgan fingerprint density at radius 3 is 2.73 bits per heavy atom. The maximum Gasteiger partial charge on any atom is 0.387 e. The molecule has 0 spiro atoms. The van der Waals surface area contributed by atoms with Gasteiger partial charge in [-0.1, -0.05) is 12.1 Å². The molecule has 1 aromatic carbocycles. The van der Waals surface area contributed by atoms with Crippen LogP contribution in [0.5, 0.6) is 11.5 Å². The first-order chi connectivity index (χ1) is 14.6. The number of benzene rings is 1. The summed E-state index contributed by atoms with van der Waals surface area (Å²) in [5, 5.41) is 5.03. The number of thiophene rings is 1. The highest BCUT2D eigenvalue weighted by atomic mass is 32.1. The Kier molecular flexibility index (Phi) is 8.21. The summed E-state index contributed by atoms with van der Waals surface area (Å²) in [6.45, 7) is 1.77. The van der Waals surface area contributed by atoms with Crippen LogP contribution in [0.2, 0.25) is 0 Å². The van der Waals surface area contributed by atoms with Gasteiger partial charge in [0.05, 0.1) is 12.6 Å². The van der Waals surface area contributed by atoms with Gasteiger partial charge in [-0.05, 0) is 68.1 Å². The molecule has 1 aliphatic heterocycles. The molecule has 2 aromatic rings. The van der Waals surface area contributed by atoms with Crippen LogP contribution in [0.1, 0.15) is 36.2 Å². The van der Waals surface area contributed by atoms with Crippen LogP contribution in [0.3, 0.4) is 0 Å². The molecule has 1 N–H and O–H groups in total. The zero-order valence-corrected chi connectivity index (χ0v) is 17.7. The van der Waals surface area contributed by atoms with Gasteiger partial charge in [0.1, 0.15) is 0 Å². The number of carbonyl (C=O) groups is 1. The number of halogens is 2. The van der Waals surface area contributed by atoms with Gasteiger partial charge in [0.2, 0.25) is 5.91 Å². The Labute approximate surface area is 179 Å². The summed E-state index contributed by atoms with van der Waals surface area (Å²) < 4.78 is 34.9. The van der Waals surface area contributed by atoms with E-state index < -0.39 is 6.61 Å². The quantitative estimate of drug-likeness (QED) is 0.548.